The number of hydrogen-bond acceptors (Lipinski definition) is 2. The summed E-state index contributed by atoms with van der Waals surface area (Å²) in [6.07, 6.45) is 0. The van der Waals surface area contributed by atoms with Crippen LogP contribution < -0.4 is 5.43 Å². The van der Waals surface area contributed by atoms with Crippen molar-refractivity contribution in [2.75, 3.05) is 6.61 Å². The number of aliphatic hydroxyl groups excluding tert-OH is 1. The summed E-state index contributed by atoms with van der Waals surface area (Å²) in [6.45, 7) is 8.71. The second-order valence-electron chi connectivity index (χ2n) is 4.88. The Hall–Kier alpha value is -1.09. The third-order valence-electron chi connectivity index (χ3n) is 2.57. The van der Waals surface area contributed by atoms with Gasteiger partial charge in [0.25, 0.3) is 0 Å². The van der Waals surface area contributed by atoms with Crippen LogP contribution in [-0.2, 0) is 6.54 Å². The first-order chi connectivity index (χ1) is 6.85. The van der Waals surface area contributed by atoms with Crippen LogP contribution in [0.4, 0.5) is 0 Å². The smallest absolute Gasteiger partial charge is 0.182 e. The molecule has 0 spiro atoms. The molecule has 0 saturated carbocycles. The van der Waals surface area contributed by atoms with Gasteiger partial charge in [-0.05, 0) is 13.8 Å². The van der Waals surface area contributed by atoms with E-state index < -0.39 is 0 Å². The molecule has 1 N–H and O–H groups in total. The summed E-state index contributed by atoms with van der Waals surface area (Å²) in [5.41, 5.74) is 1.77. The van der Waals surface area contributed by atoms with Crippen LogP contribution in [0.2, 0.25) is 0 Å². The van der Waals surface area contributed by atoms with E-state index in [1.54, 1.807) is 12.1 Å². The number of aryl methyl sites for hydroxylation is 2. The molecule has 1 aromatic heterocycles. The number of hydrogen-bond donors (Lipinski definition) is 1. The maximum atomic E-state index is 11.2. The fourth-order valence-electron chi connectivity index (χ4n) is 1.61. The molecule has 3 heteroatoms. The lowest BCUT2D eigenvalue weighted by atomic mass is 9.94. The zero-order chi connectivity index (χ0) is 11.6. The average molecular weight is 209 g/mol. The monoisotopic (exact) mass is 209 g/mol. The molecule has 0 fully saturated rings. The predicted molar refractivity (Wildman–Crippen MR) is 61.0 cm³/mol. The molecule has 0 aromatic carbocycles. The first kappa shape index (κ1) is 12.0. The van der Waals surface area contributed by atoms with Crippen molar-refractivity contribution >= 4 is 0 Å². The molecule has 0 unspecified atom stereocenters. The van der Waals surface area contributed by atoms with Gasteiger partial charge in [-0.15, -0.1) is 0 Å². The molecule has 0 aliphatic rings. The molecule has 0 atom stereocenters. The summed E-state index contributed by atoms with van der Waals surface area (Å²) in [7, 11) is 0. The molecule has 84 valence electrons. The van der Waals surface area contributed by atoms with Gasteiger partial charge in [0.05, 0.1) is 0 Å². The van der Waals surface area contributed by atoms with Crippen molar-refractivity contribution in [1.29, 1.82) is 0 Å². The molecule has 1 heterocycles. The van der Waals surface area contributed by atoms with Gasteiger partial charge in [0, 0.05) is 42.1 Å². The van der Waals surface area contributed by atoms with Gasteiger partial charge in [-0.2, -0.15) is 0 Å². The van der Waals surface area contributed by atoms with Gasteiger partial charge >= 0.3 is 0 Å². The lowest BCUT2D eigenvalue weighted by molar-refractivity contribution is 0.139. The van der Waals surface area contributed by atoms with Crippen molar-refractivity contribution in [3.63, 3.8) is 0 Å². The molecule has 0 amide bonds. The highest BCUT2D eigenvalue weighted by Gasteiger charge is 2.18. The van der Waals surface area contributed by atoms with Crippen molar-refractivity contribution in [1.82, 2.24) is 4.57 Å². The van der Waals surface area contributed by atoms with Crippen LogP contribution in [0.1, 0.15) is 25.2 Å². The minimum Gasteiger partial charge on any atom is -0.396 e. The summed E-state index contributed by atoms with van der Waals surface area (Å²) >= 11 is 0. The molecular weight excluding hydrogens is 190 g/mol. The number of pyridine rings is 1. The van der Waals surface area contributed by atoms with E-state index in [-0.39, 0.29) is 17.5 Å². The fraction of sp³-hybridized carbons (Fsp3) is 0.583. The van der Waals surface area contributed by atoms with Crippen LogP contribution in [0, 0.1) is 19.3 Å². The molecule has 3 nitrogen and oxygen atoms in total. The second-order valence-corrected chi connectivity index (χ2v) is 4.88. The van der Waals surface area contributed by atoms with Crippen LogP contribution in [0.15, 0.2) is 16.9 Å². The highest BCUT2D eigenvalue weighted by atomic mass is 16.3. The van der Waals surface area contributed by atoms with E-state index in [2.05, 4.69) is 4.57 Å². The summed E-state index contributed by atoms with van der Waals surface area (Å²) < 4.78 is 2.07. The minimum atomic E-state index is -0.162. The van der Waals surface area contributed by atoms with Gasteiger partial charge in [0.1, 0.15) is 0 Å². The Bertz CT molecular complexity index is 378. The van der Waals surface area contributed by atoms with E-state index in [0.717, 1.165) is 17.9 Å². The van der Waals surface area contributed by atoms with E-state index in [9.17, 15) is 9.90 Å². The van der Waals surface area contributed by atoms with Gasteiger partial charge in [-0.3, -0.25) is 4.79 Å². The largest absolute Gasteiger partial charge is 0.396 e. The number of aliphatic hydroxyl groups is 1. The molecule has 1 rings (SSSR count). The second kappa shape index (κ2) is 4.19. The van der Waals surface area contributed by atoms with Crippen LogP contribution >= 0.6 is 0 Å². The normalized spacial score (nSPS) is 11.8. The topological polar surface area (TPSA) is 42.2 Å². The Morgan fingerprint density at radius 2 is 1.73 bits per heavy atom. The summed E-state index contributed by atoms with van der Waals surface area (Å²) in [5.74, 6) is 0. The zero-order valence-corrected chi connectivity index (χ0v) is 9.87. The molecule has 0 aliphatic heterocycles. The predicted octanol–water partition coefficient (Wildman–Crippen LogP) is 1.48. The van der Waals surface area contributed by atoms with E-state index in [1.165, 1.54) is 0 Å². The Kier molecular flexibility index (Phi) is 3.35. The van der Waals surface area contributed by atoms with Crippen molar-refractivity contribution in [2.45, 2.75) is 34.2 Å². The Labute approximate surface area is 90.4 Å². The third kappa shape index (κ3) is 2.93. The van der Waals surface area contributed by atoms with Gasteiger partial charge in [-0.1, -0.05) is 13.8 Å². The van der Waals surface area contributed by atoms with Gasteiger partial charge in [0.2, 0.25) is 0 Å². The van der Waals surface area contributed by atoms with Crippen molar-refractivity contribution in [2.24, 2.45) is 5.41 Å². The standard InChI is InChI=1S/C12H19NO2/c1-9-5-11(15)6-10(2)13(9)7-12(3,4)8-14/h5-6,14H,7-8H2,1-4H3. The number of rotatable bonds is 3. The van der Waals surface area contributed by atoms with Crippen LogP contribution in [0.3, 0.4) is 0 Å². The first-order valence-electron chi connectivity index (χ1n) is 5.15. The zero-order valence-electron chi connectivity index (χ0n) is 9.87. The van der Waals surface area contributed by atoms with Crippen LogP contribution in [0.25, 0.3) is 0 Å². The third-order valence-corrected chi connectivity index (χ3v) is 2.57. The summed E-state index contributed by atoms with van der Waals surface area (Å²) in [6, 6.07) is 3.25. The average Bonchev–Trinajstić information content (AvgIpc) is 2.11. The molecule has 0 saturated heterocycles. The Balaban J connectivity index is 3.11. The van der Waals surface area contributed by atoms with Crippen LogP contribution in [-0.4, -0.2) is 16.3 Å². The fourth-order valence-corrected chi connectivity index (χ4v) is 1.61. The SMILES string of the molecule is Cc1cc(=O)cc(C)n1CC(C)(C)CO. The van der Waals surface area contributed by atoms with Crippen molar-refractivity contribution in [3.8, 4) is 0 Å². The highest BCUT2D eigenvalue weighted by molar-refractivity contribution is 5.12. The maximum absolute atomic E-state index is 11.2. The number of nitrogens with zero attached hydrogens (tertiary/aromatic N) is 1. The van der Waals surface area contributed by atoms with Crippen LogP contribution in [0.5, 0.6) is 0 Å². The Morgan fingerprint density at radius 3 is 2.13 bits per heavy atom. The van der Waals surface area contributed by atoms with Gasteiger partial charge in [0.15, 0.2) is 5.43 Å². The van der Waals surface area contributed by atoms with Crippen molar-refractivity contribution < 1.29 is 5.11 Å². The summed E-state index contributed by atoms with van der Waals surface area (Å²) in [5, 5.41) is 9.22. The Morgan fingerprint density at radius 1 is 1.27 bits per heavy atom. The lowest BCUT2D eigenvalue weighted by Gasteiger charge is -2.26. The summed E-state index contributed by atoms with van der Waals surface area (Å²) in [4.78, 5) is 11.2. The van der Waals surface area contributed by atoms with Gasteiger partial charge in [-0.25, -0.2) is 0 Å². The molecular formula is C12H19NO2. The molecule has 0 bridgehead atoms. The maximum Gasteiger partial charge on any atom is 0.182 e. The van der Waals surface area contributed by atoms with Crippen molar-refractivity contribution in [3.05, 3.63) is 33.7 Å². The van der Waals surface area contributed by atoms with E-state index in [4.69, 9.17) is 0 Å². The lowest BCUT2D eigenvalue weighted by Crippen LogP contribution is -2.27. The van der Waals surface area contributed by atoms with E-state index in [1.807, 2.05) is 27.7 Å². The minimum absolute atomic E-state index is 0.0445. The van der Waals surface area contributed by atoms with E-state index >= 15 is 0 Å². The van der Waals surface area contributed by atoms with Gasteiger partial charge < -0.3 is 9.67 Å². The highest BCUT2D eigenvalue weighted by Crippen LogP contribution is 2.18. The first-order valence-corrected chi connectivity index (χ1v) is 5.15. The quantitative estimate of drug-likeness (QED) is 0.819. The number of aromatic nitrogens is 1. The molecule has 1 aromatic rings. The molecule has 0 radical (unpaired) electrons. The van der Waals surface area contributed by atoms with E-state index in [0.29, 0.717) is 0 Å². The molecule has 15 heavy (non-hydrogen) atoms. The molecule has 0 aliphatic carbocycles.